The van der Waals surface area contributed by atoms with Crippen molar-refractivity contribution >= 4 is 37.8 Å². The lowest BCUT2D eigenvalue weighted by atomic mass is 10.2. The molecule has 0 atom stereocenters. The third-order valence-corrected chi connectivity index (χ3v) is 3.82. The summed E-state index contributed by atoms with van der Waals surface area (Å²) in [5.41, 5.74) is 0.170. The molecule has 0 amide bonds. The van der Waals surface area contributed by atoms with Gasteiger partial charge in [-0.05, 0) is 48.0 Å². The molecule has 0 heterocycles. The molecule has 0 saturated heterocycles. The van der Waals surface area contributed by atoms with Crippen molar-refractivity contribution in [1.29, 1.82) is 0 Å². The Bertz CT molecular complexity index is 557. The van der Waals surface area contributed by atoms with Gasteiger partial charge in [0.1, 0.15) is 0 Å². The predicted molar refractivity (Wildman–Crippen MR) is 71.9 cm³/mol. The van der Waals surface area contributed by atoms with Gasteiger partial charge in [0.05, 0.1) is 11.3 Å². The van der Waals surface area contributed by atoms with Gasteiger partial charge in [-0.15, -0.1) is 0 Å². The number of hydrogen-bond acceptors (Lipinski definition) is 3. The van der Waals surface area contributed by atoms with Crippen LogP contribution in [0.25, 0.3) is 0 Å². The van der Waals surface area contributed by atoms with E-state index in [0.717, 1.165) is 0 Å². The van der Waals surface area contributed by atoms with Crippen LogP contribution in [0.2, 0.25) is 0 Å². The van der Waals surface area contributed by atoms with Gasteiger partial charge in [0.2, 0.25) is 0 Å². The van der Waals surface area contributed by atoms with Gasteiger partial charge in [-0.25, -0.2) is 4.79 Å². The van der Waals surface area contributed by atoms with Crippen molar-refractivity contribution in [3.05, 3.63) is 28.2 Å². The number of carboxylic acids is 1. The van der Waals surface area contributed by atoms with E-state index in [1.165, 1.54) is 18.2 Å². The number of anilines is 1. The second kappa shape index (κ2) is 5.68. The zero-order chi connectivity index (χ0) is 13.9. The highest BCUT2D eigenvalue weighted by molar-refractivity contribution is 9.10. The molecule has 1 rings (SSSR count). The number of rotatable bonds is 5. The SMILES string of the molecule is CC(C)NS(=O)(=O)Nc1ccc(Br)c(C(=O)O)c1. The molecule has 0 radical (unpaired) electrons. The Labute approximate surface area is 114 Å². The summed E-state index contributed by atoms with van der Waals surface area (Å²) in [6.07, 6.45) is 0. The standard InChI is InChI=1S/C10H13BrN2O4S/c1-6(2)12-18(16,17)13-7-3-4-9(11)8(5-7)10(14)15/h3-6,12-13H,1-2H3,(H,14,15). The van der Waals surface area contributed by atoms with Crippen LogP contribution in [-0.4, -0.2) is 25.5 Å². The molecule has 0 saturated carbocycles. The molecular weight excluding hydrogens is 324 g/mol. The Balaban J connectivity index is 2.99. The highest BCUT2D eigenvalue weighted by Crippen LogP contribution is 2.21. The first kappa shape index (κ1) is 14.9. The van der Waals surface area contributed by atoms with Crippen LogP contribution >= 0.6 is 15.9 Å². The first-order valence-electron chi connectivity index (χ1n) is 5.04. The first-order valence-corrected chi connectivity index (χ1v) is 7.32. The summed E-state index contributed by atoms with van der Waals surface area (Å²) in [5.74, 6) is -1.14. The fraction of sp³-hybridized carbons (Fsp3) is 0.300. The summed E-state index contributed by atoms with van der Waals surface area (Å²) in [5, 5.41) is 8.91. The van der Waals surface area contributed by atoms with E-state index in [0.29, 0.717) is 4.47 Å². The van der Waals surface area contributed by atoms with Crippen LogP contribution in [0.4, 0.5) is 5.69 Å². The van der Waals surface area contributed by atoms with Crippen LogP contribution in [-0.2, 0) is 10.2 Å². The van der Waals surface area contributed by atoms with Crippen LogP contribution in [0.15, 0.2) is 22.7 Å². The zero-order valence-electron chi connectivity index (χ0n) is 9.77. The van der Waals surface area contributed by atoms with E-state index < -0.39 is 16.2 Å². The lowest BCUT2D eigenvalue weighted by molar-refractivity contribution is 0.0696. The van der Waals surface area contributed by atoms with Gasteiger partial charge < -0.3 is 5.11 Å². The first-order chi connectivity index (χ1) is 8.21. The van der Waals surface area contributed by atoms with Gasteiger partial charge in [-0.3, -0.25) is 4.72 Å². The monoisotopic (exact) mass is 336 g/mol. The molecule has 3 N–H and O–H groups in total. The van der Waals surface area contributed by atoms with E-state index in [2.05, 4.69) is 25.4 Å². The summed E-state index contributed by atoms with van der Waals surface area (Å²) < 4.78 is 28.2. The Morgan fingerprint density at radius 1 is 1.39 bits per heavy atom. The highest BCUT2D eigenvalue weighted by Gasteiger charge is 2.14. The molecule has 0 aromatic heterocycles. The van der Waals surface area contributed by atoms with Crippen molar-refractivity contribution in [2.45, 2.75) is 19.9 Å². The van der Waals surface area contributed by atoms with Crippen molar-refractivity contribution in [2.75, 3.05) is 4.72 Å². The minimum atomic E-state index is -3.70. The fourth-order valence-electron chi connectivity index (χ4n) is 1.25. The molecule has 0 unspecified atom stereocenters. The van der Waals surface area contributed by atoms with E-state index in [4.69, 9.17) is 5.11 Å². The second-order valence-electron chi connectivity index (χ2n) is 3.88. The van der Waals surface area contributed by atoms with E-state index in [9.17, 15) is 13.2 Å². The van der Waals surface area contributed by atoms with Crippen molar-refractivity contribution in [3.8, 4) is 0 Å². The lowest BCUT2D eigenvalue weighted by Crippen LogP contribution is -2.35. The third-order valence-electron chi connectivity index (χ3n) is 1.84. The third kappa shape index (κ3) is 4.28. The number of benzene rings is 1. The topological polar surface area (TPSA) is 95.5 Å². The van der Waals surface area contributed by atoms with Gasteiger partial charge in [0, 0.05) is 10.5 Å². The molecule has 1 aromatic carbocycles. The van der Waals surface area contributed by atoms with Gasteiger partial charge in [0.15, 0.2) is 0 Å². The van der Waals surface area contributed by atoms with Crippen LogP contribution in [0.1, 0.15) is 24.2 Å². The second-order valence-corrected chi connectivity index (χ2v) is 6.18. The molecule has 100 valence electrons. The maximum absolute atomic E-state index is 11.6. The van der Waals surface area contributed by atoms with E-state index in [1.807, 2.05) is 0 Å². The molecule has 8 heteroatoms. The molecule has 0 fully saturated rings. The molecular formula is C10H13BrN2O4S. The van der Waals surface area contributed by atoms with Gasteiger partial charge >= 0.3 is 5.97 Å². The van der Waals surface area contributed by atoms with Crippen LogP contribution < -0.4 is 9.44 Å². The molecule has 0 aliphatic rings. The molecule has 18 heavy (non-hydrogen) atoms. The number of aromatic carboxylic acids is 1. The molecule has 0 aliphatic heterocycles. The number of hydrogen-bond donors (Lipinski definition) is 3. The van der Waals surface area contributed by atoms with Gasteiger partial charge in [-0.2, -0.15) is 13.1 Å². The normalized spacial score (nSPS) is 11.6. The Morgan fingerprint density at radius 3 is 2.50 bits per heavy atom. The lowest BCUT2D eigenvalue weighted by Gasteiger charge is -2.12. The summed E-state index contributed by atoms with van der Waals surface area (Å²) in [6, 6.07) is 3.93. The van der Waals surface area contributed by atoms with Crippen molar-refractivity contribution in [2.24, 2.45) is 0 Å². The Hall–Kier alpha value is -1.12. The van der Waals surface area contributed by atoms with E-state index >= 15 is 0 Å². The number of carboxylic acid groups (broad SMARTS) is 1. The average Bonchev–Trinajstić information content (AvgIpc) is 2.18. The molecule has 0 spiro atoms. The highest BCUT2D eigenvalue weighted by atomic mass is 79.9. The molecule has 1 aromatic rings. The average molecular weight is 337 g/mol. The minimum Gasteiger partial charge on any atom is -0.478 e. The Kier molecular flexibility index (Phi) is 4.71. The number of carbonyl (C=O) groups is 1. The summed E-state index contributed by atoms with van der Waals surface area (Å²) >= 11 is 3.08. The largest absolute Gasteiger partial charge is 0.478 e. The summed E-state index contributed by atoms with van der Waals surface area (Å²) in [7, 11) is -3.70. The molecule has 0 bridgehead atoms. The maximum Gasteiger partial charge on any atom is 0.336 e. The van der Waals surface area contributed by atoms with Crippen LogP contribution in [0.3, 0.4) is 0 Å². The van der Waals surface area contributed by atoms with Gasteiger partial charge in [0.25, 0.3) is 10.2 Å². The van der Waals surface area contributed by atoms with Crippen molar-refractivity contribution in [3.63, 3.8) is 0 Å². The van der Waals surface area contributed by atoms with E-state index in [-0.39, 0.29) is 17.3 Å². The minimum absolute atomic E-state index is 0.0141. The predicted octanol–water partition coefficient (Wildman–Crippen LogP) is 1.80. The Morgan fingerprint density at radius 2 is 2.00 bits per heavy atom. The molecule has 0 aliphatic carbocycles. The quantitative estimate of drug-likeness (QED) is 0.763. The number of halogens is 1. The maximum atomic E-state index is 11.6. The smallest absolute Gasteiger partial charge is 0.336 e. The van der Waals surface area contributed by atoms with Crippen LogP contribution in [0.5, 0.6) is 0 Å². The molecule has 6 nitrogen and oxygen atoms in total. The zero-order valence-corrected chi connectivity index (χ0v) is 12.2. The number of nitrogens with one attached hydrogen (secondary N) is 2. The summed E-state index contributed by atoms with van der Waals surface area (Å²) in [4.78, 5) is 10.9. The van der Waals surface area contributed by atoms with E-state index in [1.54, 1.807) is 13.8 Å². The van der Waals surface area contributed by atoms with Crippen molar-refractivity contribution < 1.29 is 18.3 Å². The van der Waals surface area contributed by atoms with Crippen molar-refractivity contribution in [1.82, 2.24) is 4.72 Å². The summed E-state index contributed by atoms with van der Waals surface area (Å²) in [6.45, 7) is 3.37. The van der Waals surface area contributed by atoms with Crippen LogP contribution in [0, 0.1) is 0 Å². The fourth-order valence-corrected chi connectivity index (χ4v) is 2.78. The van der Waals surface area contributed by atoms with Gasteiger partial charge in [-0.1, -0.05) is 0 Å².